The van der Waals surface area contributed by atoms with Gasteiger partial charge in [-0.1, -0.05) is 6.92 Å². The van der Waals surface area contributed by atoms with E-state index in [-0.39, 0.29) is 18.4 Å². The van der Waals surface area contributed by atoms with Gasteiger partial charge in [0.1, 0.15) is 0 Å². The number of carbonyl (C=O) groups is 3. The van der Waals surface area contributed by atoms with Crippen LogP contribution in [0.25, 0.3) is 0 Å². The van der Waals surface area contributed by atoms with Crippen molar-refractivity contribution in [2.45, 2.75) is 26.8 Å². The van der Waals surface area contributed by atoms with Gasteiger partial charge in [-0.15, -0.1) is 0 Å². The summed E-state index contributed by atoms with van der Waals surface area (Å²) in [6.45, 7) is 5.57. The number of hydrogen-bond acceptors (Lipinski definition) is 4. The van der Waals surface area contributed by atoms with E-state index in [4.69, 9.17) is 5.73 Å². The molecular formula is C15H22N4O3. The maximum absolute atomic E-state index is 12.0. The van der Waals surface area contributed by atoms with Gasteiger partial charge in [-0.3, -0.25) is 19.3 Å². The summed E-state index contributed by atoms with van der Waals surface area (Å²) in [7, 11) is 0. The molecule has 1 atom stereocenters. The number of amides is 3. The molecule has 0 aliphatic rings. The van der Waals surface area contributed by atoms with Gasteiger partial charge in [0.25, 0.3) is 0 Å². The van der Waals surface area contributed by atoms with E-state index in [9.17, 15) is 14.4 Å². The number of nitrogens with one attached hydrogen (secondary N) is 2. The van der Waals surface area contributed by atoms with E-state index in [0.29, 0.717) is 17.9 Å². The Morgan fingerprint density at radius 3 is 2.05 bits per heavy atom. The Bertz CT molecular complexity index is 542. The fourth-order valence-corrected chi connectivity index (χ4v) is 1.93. The van der Waals surface area contributed by atoms with E-state index in [2.05, 4.69) is 10.6 Å². The Morgan fingerprint density at radius 1 is 1.14 bits per heavy atom. The van der Waals surface area contributed by atoms with Gasteiger partial charge >= 0.3 is 0 Å². The van der Waals surface area contributed by atoms with Crippen molar-refractivity contribution in [3.05, 3.63) is 24.3 Å². The molecule has 0 heterocycles. The maximum Gasteiger partial charge on any atom is 0.238 e. The molecule has 0 aliphatic carbocycles. The van der Waals surface area contributed by atoms with Crippen LogP contribution in [0.1, 0.15) is 20.8 Å². The lowest BCUT2D eigenvalue weighted by Gasteiger charge is -2.24. The number of likely N-dealkylation sites (N-methyl/N-ethyl adjacent to an activating group) is 1. The second-order valence-corrected chi connectivity index (χ2v) is 4.95. The lowest BCUT2D eigenvalue weighted by Crippen LogP contribution is -2.46. The number of nitrogens with zero attached hydrogens (tertiary/aromatic N) is 1. The van der Waals surface area contributed by atoms with Gasteiger partial charge in [0.15, 0.2) is 0 Å². The van der Waals surface area contributed by atoms with Crippen LogP contribution in [0, 0.1) is 0 Å². The highest BCUT2D eigenvalue weighted by molar-refractivity contribution is 5.93. The van der Waals surface area contributed by atoms with Gasteiger partial charge in [0.2, 0.25) is 17.7 Å². The summed E-state index contributed by atoms with van der Waals surface area (Å²) in [6.07, 6.45) is 0. The van der Waals surface area contributed by atoms with Gasteiger partial charge in [0.05, 0.1) is 12.6 Å². The van der Waals surface area contributed by atoms with E-state index in [0.717, 1.165) is 0 Å². The van der Waals surface area contributed by atoms with Crippen molar-refractivity contribution in [2.75, 3.05) is 23.7 Å². The molecule has 22 heavy (non-hydrogen) atoms. The summed E-state index contributed by atoms with van der Waals surface area (Å²) in [5.74, 6) is -0.854. The van der Waals surface area contributed by atoms with E-state index in [1.165, 1.54) is 6.92 Å². The number of benzene rings is 1. The maximum atomic E-state index is 12.0. The Labute approximate surface area is 129 Å². The molecule has 1 rings (SSSR count). The Morgan fingerprint density at radius 2 is 1.64 bits per heavy atom. The number of nitrogens with two attached hydrogens (primary N) is 1. The third-order valence-corrected chi connectivity index (χ3v) is 3.20. The van der Waals surface area contributed by atoms with E-state index < -0.39 is 11.9 Å². The van der Waals surface area contributed by atoms with Gasteiger partial charge < -0.3 is 16.4 Å². The third-order valence-electron chi connectivity index (χ3n) is 3.20. The lowest BCUT2D eigenvalue weighted by molar-refractivity contribution is -0.124. The summed E-state index contributed by atoms with van der Waals surface area (Å²) in [6, 6.07) is 6.27. The molecule has 4 N–H and O–H groups in total. The first-order valence-electron chi connectivity index (χ1n) is 7.04. The predicted molar refractivity (Wildman–Crippen MR) is 85.3 cm³/mol. The van der Waals surface area contributed by atoms with E-state index in [1.54, 1.807) is 36.1 Å². The molecule has 3 amide bonds. The molecule has 0 saturated carbocycles. The van der Waals surface area contributed by atoms with Gasteiger partial charge in [-0.05, 0) is 37.7 Å². The summed E-state index contributed by atoms with van der Waals surface area (Å²) in [5.41, 5.74) is 6.52. The Balaban J connectivity index is 2.60. The van der Waals surface area contributed by atoms with E-state index in [1.807, 2.05) is 6.92 Å². The first-order valence-corrected chi connectivity index (χ1v) is 7.04. The monoisotopic (exact) mass is 306 g/mol. The molecule has 0 spiro atoms. The minimum Gasteiger partial charge on any atom is -0.368 e. The van der Waals surface area contributed by atoms with Crippen molar-refractivity contribution in [3.8, 4) is 0 Å². The van der Waals surface area contributed by atoms with Crippen LogP contribution in [0.2, 0.25) is 0 Å². The molecule has 0 saturated heterocycles. The van der Waals surface area contributed by atoms with Gasteiger partial charge in [0, 0.05) is 18.3 Å². The number of hydrogen-bond donors (Lipinski definition) is 3. The fourth-order valence-electron chi connectivity index (χ4n) is 1.93. The largest absolute Gasteiger partial charge is 0.368 e. The van der Waals surface area contributed by atoms with E-state index >= 15 is 0 Å². The van der Waals surface area contributed by atoms with Crippen LogP contribution in [0.3, 0.4) is 0 Å². The summed E-state index contributed by atoms with van der Waals surface area (Å²) >= 11 is 0. The van der Waals surface area contributed by atoms with Crippen molar-refractivity contribution in [1.82, 2.24) is 4.90 Å². The minimum atomic E-state index is -0.502. The molecule has 0 fully saturated rings. The minimum absolute atomic E-state index is 0.0774. The SMILES string of the molecule is CCN(CC(=O)Nc1ccc(NC(C)=O)cc1)C(C)C(N)=O. The van der Waals surface area contributed by atoms with Crippen LogP contribution in [0.5, 0.6) is 0 Å². The molecule has 1 aromatic carbocycles. The van der Waals surface area contributed by atoms with Gasteiger partial charge in [-0.2, -0.15) is 0 Å². The molecule has 120 valence electrons. The highest BCUT2D eigenvalue weighted by Gasteiger charge is 2.19. The predicted octanol–water partition coefficient (Wildman–Crippen LogP) is 0.779. The summed E-state index contributed by atoms with van der Waals surface area (Å²) < 4.78 is 0. The Kier molecular flexibility index (Phi) is 6.52. The number of rotatable bonds is 7. The van der Waals surface area contributed by atoms with Crippen molar-refractivity contribution >= 4 is 29.1 Å². The number of carbonyl (C=O) groups excluding carboxylic acids is 3. The number of primary amides is 1. The first-order chi connectivity index (χ1) is 10.3. The zero-order valence-corrected chi connectivity index (χ0v) is 13.1. The van der Waals surface area contributed by atoms with Crippen molar-refractivity contribution < 1.29 is 14.4 Å². The summed E-state index contributed by atoms with van der Waals surface area (Å²) in [4.78, 5) is 35.8. The van der Waals surface area contributed by atoms with Crippen molar-refractivity contribution in [1.29, 1.82) is 0 Å². The van der Waals surface area contributed by atoms with Crippen LogP contribution >= 0.6 is 0 Å². The van der Waals surface area contributed by atoms with Crippen LogP contribution in [-0.2, 0) is 14.4 Å². The zero-order chi connectivity index (χ0) is 16.7. The highest BCUT2D eigenvalue weighted by atomic mass is 16.2. The molecular weight excluding hydrogens is 284 g/mol. The second kappa shape index (κ2) is 8.14. The molecule has 7 nitrogen and oxygen atoms in total. The van der Waals surface area contributed by atoms with Crippen LogP contribution in [-0.4, -0.2) is 41.8 Å². The normalized spacial score (nSPS) is 11.8. The molecule has 0 bridgehead atoms. The molecule has 7 heteroatoms. The Hall–Kier alpha value is -2.41. The molecule has 0 aromatic heterocycles. The second-order valence-electron chi connectivity index (χ2n) is 4.95. The fraction of sp³-hybridized carbons (Fsp3) is 0.400. The third kappa shape index (κ3) is 5.53. The summed E-state index contributed by atoms with van der Waals surface area (Å²) in [5, 5.41) is 5.38. The van der Waals surface area contributed by atoms with Gasteiger partial charge in [-0.25, -0.2) is 0 Å². The average molecular weight is 306 g/mol. The quantitative estimate of drug-likeness (QED) is 0.692. The topological polar surface area (TPSA) is 105 Å². The van der Waals surface area contributed by atoms with Crippen LogP contribution in [0.15, 0.2) is 24.3 Å². The van der Waals surface area contributed by atoms with Crippen LogP contribution in [0.4, 0.5) is 11.4 Å². The average Bonchev–Trinajstić information content (AvgIpc) is 2.45. The molecule has 0 radical (unpaired) electrons. The highest BCUT2D eigenvalue weighted by Crippen LogP contribution is 2.13. The standard InChI is InChI=1S/C15H22N4O3/c1-4-19(10(2)15(16)22)9-14(21)18-13-7-5-12(6-8-13)17-11(3)20/h5-8,10H,4,9H2,1-3H3,(H2,16,22)(H,17,20)(H,18,21). The molecule has 0 aliphatic heterocycles. The first kappa shape index (κ1) is 17.6. The molecule has 1 unspecified atom stereocenters. The molecule has 1 aromatic rings. The zero-order valence-electron chi connectivity index (χ0n) is 13.1. The lowest BCUT2D eigenvalue weighted by atomic mass is 10.2. The van der Waals surface area contributed by atoms with Crippen molar-refractivity contribution in [3.63, 3.8) is 0 Å². The van der Waals surface area contributed by atoms with Crippen LogP contribution < -0.4 is 16.4 Å². The number of anilines is 2. The van der Waals surface area contributed by atoms with Crippen molar-refractivity contribution in [2.24, 2.45) is 5.73 Å². The smallest absolute Gasteiger partial charge is 0.238 e.